The monoisotopic (exact) mass is 433 g/mol. The second-order valence-electron chi connectivity index (χ2n) is 3.99. The molecule has 21 heavy (non-hydrogen) atoms. The van der Waals surface area contributed by atoms with E-state index in [1.807, 2.05) is 12.1 Å². The van der Waals surface area contributed by atoms with Gasteiger partial charge in [0, 0.05) is 0 Å². The molecule has 7 heteroatoms. The molecular formula is C14H12INO3S2. The van der Waals surface area contributed by atoms with Crippen LogP contribution in [-0.4, -0.2) is 23.9 Å². The Morgan fingerprint density at radius 1 is 1.52 bits per heavy atom. The van der Waals surface area contributed by atoms with E-state index >= 15 is 0 Å². The molecule has 110 valence electrons. The van der Waals surface area contributed by atoms with Gasteiger partial charge in [-0.25, -0.2) is 0 Å². The van der Waals surface area contributed by atoms with Crippen molar-refractivity contribution in [2.45, 2.75) is 0 Å². The van der Waals surface area contributed by atoms with E-state index in [0.717, 1.165) is 9.13 Å². The van der Waals surface area contributed by atoms with Crippen LogP contribution in [-0.2, 0) is 4.79 Å². The number of ether oxygens (including phenoxy) is 2. The summed E-state index contributed by atoms with van der Waals surface area (Å²) in [7, 11) is 1.58. The van der Waals surface area contributed by atoms with Gasteiger partial charge in [0.05, 0.1) is 15.6 Å². The van der Waals surface area contributed by atoms with Crippen LogP contribution in [0.25, 0.3) is 6.08 Å². The first-order valence-electron chi connectivity index (χ1n) is 5.91. The standard InChI is InChI=1S/C14H12INO3S2/c1-3-4-19-12-9(15)5-8(6-10(12)18-2)7-11-13(17)16-14(20)21-11/h3,5-7H,1,4H2,2H3,(H,16,17,20)/b11-7-. The van der Waals surface area contributed by atoms with Gasteiger partial charge in [-0.1, -0.05) is 36.6 Å². The van der Waals surface area contributed by atoms with Crippen molar-refractivity contribution < 1.29 is 14.3 Å². The number of carbonyl (C=O) groups excluding carboxylic acids is 1. The first-order chi connectivity index (χ1) is 10.0. The van der Waals surface area contributed by atoms with Gasteiger partial charge >= 0.3 is 0 Å². The molecule has 1 heterocycles. The Hall–Kier alpha value is -1.06. The number of thioether (sulfide) groups is 1. The number of hydrogen-bond acceptors (Lipinski definition) is 5. The van der Waals surface area contributed by atoms with E-state index in [4.69, 9.17) is 21.7 Å². The number of carbonyl (C=O) groups is 1. The maximum absolute atomic E-state index is 11.7. The number of thiocarbonyl (C=S) groups is 1. The van der Waals surface area contributed by atoms with Gasteiger partial charge in [0.25, 0.3) is 5.91 Å². The van der Waals surface area contributed by atoms with Gasteiger partial charge in [0.15, 0.2) is 11.5 Å². The molecule has 0 radical (unpaired) electrons. The molecule has 4 nitrogen and oxygen atoms in total. The Kier molecular flexibility index (Phi) is 5.65. The SMILES string of the molecule is C=CCOc1c(I)cc(/C=C2\SC(=S)NC2=O)cc1OC. The van der Waals surface area contributed by atoms with Gasteiger partial charge < -0.3 is 14.8 Å². The molecule has 0 spiro atoms. The minimum Gasteiger partial charge on any atom is -0.493 e. The summed E-state index contributed by atoms with van der Waals surface area (Å²) in [5.41, 5.74) is 0.851. The number of benzene rings is 1. The van der Waals surface area contributed by atoms with E-state index in [2.05, 4.69) is 34.5 Å². The van der Waals surface area contributed by atoms with Crippen LogP contribution < -0.4 is 14.8 Å². The van der Waals surface area contributed by atoms with Crippen LogP contribution >= 0.6 is 46.6 Å². The number of hydrogen-bond donors (Lipinski definition) is 1. The largest absolute Gasteiger partial charge is 0.493 e. The summed E-state index contributed by atoms with van der Waals surface area (Å²) in [4.78, 5) is 12.2. The lowest BCUT2D eigenvalue weighted by atomic mass is 10.2. The molecule has 1 saturated heterocycles. The molecule has 0 bridgehead atoms. The van der Waals surface area contributed by atoms with Crippen LogP contribution in [0.15, 0.2) is 29.7 Å². The normalized spacial score (nSPS) is 16.0. The van der Waals surface area contributed by atoms with Crippen LogP contribution in [0.1, 0.15) is 5.56 Å². The maximum atomic E-state index is 11.7. The number of amides is 1. The highest BCUT2D eigenvalue weighted by atomic mass is 127. The van der Waals surface area contributed by atoms with Gasteiger partial charge in [-0.15, -0.1) is 0 Å². The molecule has 2 rings (SSSR count). The van der Waals surface area contributed by atoms with Crippen molar-refractivity contribution in [2.24, 2.45) is 0 Å². The first kappa shape index (κ1) is 16.3. The molecule has 0 aromatic heterocycles. The Bertz CT molecular complexity index is 643. The molecule has 1 N–H and O–H groups in total. The van der Waals surface area contributed by atoms with Crippen molar-refractivity contribution in [1.82, 2.24) is 5.32 Å². The summed E-state index contributed by atoms with van der Waals surface area (Å²) in [5.74, 6) is 1.10. The lowest BCUT2D eigenvalue weighted by molar-refractivity contribution is -0.115. The lowest BCUT2D eigenvalue weighted by Gasteiger charge is -2.12. The summed E-state index contributed by atoms with van der Waals surface area (Å²) in [6.07, 6.45) is 3.45. The van der Waals surface area contributed by atoms with Crippen LogP contribution in [0.4, 0.5) is 0 Å². The molecule has 1 aromatic carbocycles. The molecule has 0 atom stereocenters. The third-order valence-corrected chi connectivity index (χ3v) is 4.50. The smallest absolute Gasteiger partial charge is 0.263 e. The maximum Gasteiger partial charge on any atom is 0.263 e. The van der Waals surface area contributed by atoms with E-state index in [0.29, 0.717) is 27.3 Å². The predicted molar refractivity (Wildman–Crippen MR) is 97.7 cm³/mol. The quantitative estimate of drug-likeness (QED) is 0.334. The average Bonchev–Trinajstić information content (AvgIpc) is 2.75. The van der Waals surface area contributed by atoms with Crippen molar-refractivity contribution in [1.29, 1.82) is 0 Å². The van der Waals surface area contributed by atoms with E-state index in [1.54, 1.807) is 19.3 Å². The summed E-state index contributed by atoms with van der Waals surface area (Å²) in [6, 6.07) is 3.74. The average molecular weight is 433 g/mol. The number of nitrogens with one attached hydrogen (secondary N) is 1. The summed E-state index contributed by atoms with van der Waals surface area (Å²) >= 11 is 8.39. The van der Waals surface area contributed by atoms with Crippen LogP contribution in [0.5, 0.6) is 11.5 Å². The van der Waals surface area contributed by atoms with Crippen LogP contribution in [0.3, 0.4) is 0 Å². The fourth-order valence-corrected chi connectivity index (χ4v) is 3.50. The topological polar surface area (TPSA) is 47.6 Å². The second-order valence-corrected chi connectivity index (χ2v) is 6.87. The van der Waals surface area contributed by atoms with E-state index in [-0.39, 0.29) is 5.91 Å². The van der Waals surface area contributed by atoms with Crippen molar-refractivity contribution >= 4 is 62.9 Å². The first-order valence-corrected chi connectivity index (χ1v) is 8.21. The molecule has 1 fully saturated rings. The predicted octanol–water partition coefficient (Wildman–Crippen LogP) is 3.35. The van der Waals surface area contributed by atoms with Crippen molar-refractivity contribution in [3.63, 3.8) is 0 Å². The Morgan fingerprint density at radius 3 is 2.86 bits per heavy atom. The highest BCUT2D eigenvalue weighted by molar-refractivity contribution is 14.1. The minimum atomic E-state index is -0.175. The van der Waals surface area contributed by atoms with Gasteiger partial charge in [-0.2, -0.15) is 0 Å². The minimum absolute atomic E-state index is 0.175. The highest BCUT2D eigenvalue weighted by Gasteiger charge is 2.22. The Labute approximate surface area is 146 Å². The molecule has 0 unspecified atom stereocenters. The fraction of sp³-hybridized carbons (Fsp3) is 0.143. The summed E-state index contributed by atoms with van der Waals surface area (Å²) in [6.45, 7) is 4.03. The third kappa shape index (κ3) is 3.98. The number of halogens is 1. The van der Waals surface area contributed by atoms with Gasteiger partial charge in [0.1, 0.15) is 10.9 Å². The highest BCUT2D eigenvalue weighted by Crippen LogP contribution is 2.35. The van der Waals surface area contributed by atoms with Gasteiger partial charge in [-0.3, -0.25) is 4.79 Å². The second kappa shape index (κ2) is 7.28. The molecular weight excluding hydrogens is 421 g/mol. The summed E-state index contributed by atoms with van der Waals surface area (Å²) < 4.78 is 12.3. The van der Waals surface area contributed by atoms with E-state index < -0.39 is 0 Å². The van der Waals surface area contributed by atoms with Crippen LogP contribution in [0.2, 0.25) is 0 Å². The fourth-order valence-electron chi connectivity index (χ4n) is 1.68. The van der Waals surface area contributed by atoms with Crippen LogP contribution in [0, 0.1) is 3.57 Å². The van der Waals surface area contributed by atoms with Gasteiger partial charge in [0.2, 0.25) is 0 Å². The zero-order valence-electron chi connectivity index (χ0n) is 11.1. The zero-order chi connectivity index (χ0) is 15.4. The van der Waals surface area contributed by atoms with Gasteiger partial charge in [-0.05, 0) is 46.4 Å². The molecule has 1 aliphatic heterocycles. The molecule has 1 aromatic rings. The Balaban J connectivity index is 2.36. The van der Waals surface area contributed by atoms with Crippen molar-refractivity contribution in [3.8, 4) is 11.5 Å². The van der Waals surface area contributed by atoms with Crippen molar-refractivity contribution in [2.75, 3.05) is 13.7 Å². The molecule has 1 aliphatic rings. The molecule has 1 amide bonds. The molecule has 0 aliphatic carbocycles. The van der Waals surface area contributed by atoms with E-state index in [9.17, 15) is 4.79 Å². The lowest BCUT2D eigenvalue weighted by Crippen LogP contribution is -2.17. The Morgan fingerprint density at radius 2 is 2.29 bits per heavy atom. The zero-order valence-corrected chi connectivity index (χ0v) is 14.9. The number of rotatable bonds is 5. The van der Waals surface area contributed by atoms with E-state index in [1.165, 1.54) is 11.8 Å². The molecule has 0 saturated carbocycles. The third-order valence-electron chi connectivity index (χ3n) is 2.54. The summed E-state index contributed by atoms with van der Waals surface area (Å²) in [5, 5.41) is 2.59. The van der Waals surface area contributed by atoms with Crippen molar-refractivity contribution in [3.05, 3.63) is 38.8 Å². The number of methoxy groups -OCH3 is 1.